The van der Waals surface area contributed by atoms with Crippen LogP contribution >= 0.6 is 11.6 Å². The van der Waals surface area contributed by atoms with Crippen LogP contribution in [-0.2, 0) is 0 Å². The minimum atomic E-state index is -5.79. The Morgan fingerprint density at radius 2 is 1.59 bits per heavy atom. The van der Waals surface area contributed by atoms with E-state index in [0.29, 0.717) is 12.8 Å². The molecule has 0 unspecified atom stereocenters. The molecule has 0 saturated carbocycles. The average Bonchev–Trinajstić information content (AvgIpc) is 2.85. The summed E-state index contributed by atoms with van der Waals surface area (Å²) in [6.07, 6.45) is -11.1. The van der Waals surface area contributed by atoms with Crippen LogP contribution in [0.1, 0.15) is 32.1 Å². The zero-order chi connectivity index (χ0) is 21.6. The number of para-hydroxylation sites is 1. The third-order valence-electron chi connectivity index (χ3n) is 5.34. The van der Waals surface area contributed by atoms with Crippen molar-refractivity contribution in [2.24, 2.45) is 11.1 Å². The zero-order valence-electron chi connectivity index (χ0n) is 15.0. The molecule has 1 aromatic carbocycles. The van der Waals surface area contributed by atoms with Crippen LogP contribution in [0.25, 0.3) is 0 Å². The molecule has 1 heterocycles. The monoisotopic (exact) mass is 435 g/mol. The van der Waals surface area contributed by atoms with Crippen LogP contribution in [0.2, 0.25) is 5.02 Å². The van der Waals surface area contributed by atoms with E-state index in [-0.39, 0.29) is 29.2 Å². The summed E-state index contributed by atoms with van der Waals surface area (Å²) in [5.74, 6) is -0.907. The highest BCUT2D eigenvalue weighted by Gasteiger charge is 2.76. The van der Waals surface area contributed by atoms with Crippen molar-refractivity contribution < 1.29 is 26.3 Å². The first-order valence-corrected chi connectivity index (χ1v) is 9.17. The lowest BCUT2D eigenvalue weighted by molar-refractivity contribution is -0.311. The van der Waals surface area contributed by atoms with Gasteiger partial charge >= 0.3 is 12.4 Å². The quantitative estimate of drug-likeness (QED) is 0.536. The maximum atomic E-state index is 14.2. The number of anilines is 1. The minimum absolute atomic E-state index is 0.0477. The lowest BCUT2D eigenvalue weighted by Gasteiger charge is -2.46. The molecular weight excluding hydrogens is 420 g/mol. The van der Waals surface area contributed by atoms with Crippen LogP contribution in [-0.4, -0.2) is 12.4 Å². The third-order valence-corrected chi connectivity index (χ3v) is 5.66. The fraction of sp³-hybridized carbons (Fsp3) is 0.421. The molecular formula is C19H16ClF6N3. The molecule has 0 fully saturated rings. The number of benzene rings is 1. The van der Waals surface area contributed by atoms with Crippen LogP contribution < -0.4 is 10.6 Å². The second-order valence-electron chi connectivity index (χ2n) is 6.89. The molecule has 0 atom stereocenters. The molecule has 3 rings (SSSR count). The smallest absolute Gasteiger partial charge is 0.384 e. The van der Waals surface area contributed by atoms with E-state index >= 15 is 0 Å². The van der Waals surface area contributed by atoms with Crippen molar-refractivity contribution in [1.82, 2.24) is 0 Å². The molecule has 0 aromatic heterocycles. The van der Waals surface area contributed by atoms with E-state index in [1.54, 1.807) is 6.07 Å². The lowest BCUT2D eigenvalue weighted by atomic mass is 9.68. The number of nitrogens with zero attached hydrogens (tertiary/aromatic N) is 2. The number of allylic oxidation sites excluding steroid dienone is 3. The summed E-state index contributed by atoms with van der Waals surface area (Å²) in [6, 6.07) is 7.11. The molecule has 1 aliphatic carbocycles. The number of alkyl halides is 6. The Morgan fingerprint density at radius 1 is 1.00 bits per heavy atom. The predicted octanol–water partition coefficient (Wildman–Crippen LogP) is 6.18. The molecule has 10 heteroatoms. The van der Waals surface area contributed by atoms with Crippen molar-refractivity contribution in [3.05, 3.63) is 52.0 Å². The van der Waals surface area contributed by atoms with Crippen LogP contribution in [0, 0.1) is 16.7 Å². The van der Waals surface area contributed by atoms with Gasteiger partial charge in [0.05, 0.1) is 16.3 Å². The van der Waals surface area contributed by atoms with E-state index in [1.165, 1.54) is 18.2 Å². The Morgan fingerprint density at radius 3 is 2.14 bits per heavy atom. The summed E-state index contributed by atoms with van der Waals surface area (Å²) in [5, 5.41) is 9.54. The largest absolute Gasteiger partial charge is 0.411 e. The van der Waals surface area contributed by atoms with E-state index in [0.717, 1.165) is 11.0 Å². The van der Waals surface area contributed by atoms with Crippen LogP contribution in [0.5, 0.6) is 0 Å². The molecule has 0 bridgehead atoms. The van der Waals surface area contributed by atoms with Gasteiger partial charge in [-0.15, -0.1) is 0 Å². The second-order valence-corrected chi connectivity index (χ2v) is 7.30. The Kier molecular flexibility index (Phi) is 5.28. The third kappa shape index (κ3) is 3.05. The Labute approximate surface area is 168 Å². The van der Waals surface area contributed by atoms with E-state index in [4.69, 9.17) is 17.3 Å². The highest BCUT2D eigenvalue weighted by molar-refractivity contribution is 6.33. The number of rotatable bonds is 1. The summed E-state index contributed by atoms with van der Waals surface area (Å²) < 4.78 is 85.1. The lowest BCUT2D eigenvalue weighted by Crippen LogP contribution is -2.57. The van der Waals surface area contributed by atoms with Gasteiger partial charge in [0, 0.05) is 5.70 Å². The SMILES string of the molecule is N#CC1=C(N)N(c2ccccc2Cl)C2=C(CCCCC2)C1(C(F)(F)F)C(F)(F)F. The molecule has 29 heavy (non-hydrogen) atoms. The van der Waals surface area contributed by atoms with Crippen molar-refractivity contribution in [3.8, 4) is 6.07 Å². The van der Waals surface area contributed by atoms with Gasteiger partial charge in [-0.2, -0.15) is 31.6 Å². The summed E-state index contributed by atoms with van der Waals surface area (Å²) >= 11 is 6.17. The number of nitriles is 1. The topological polar surface area (TPSA) is 53.1 Å². The Bertz CT molecular complexity index is 909. The maximum Gasteiger partial charge on any atom is 0.411 e. The first kappa shape index (κ1) is 21.4. The van der Waals surface area contributed by atoms with Gasteiger partial charge in [0.1, 0.15) is 11.9 Å². The van der Waals surface area contributed by atoms with Crippen molar-refractivity contribution in [2.45, 2.75) is 44.5 Å². The highest BCUT2D eigenvalue weighted by atomic mass is 35.5. The average molecular weight is 436 g/mol. The first-order chi connectivity index (χ1) is 13.5. The van der Waals surface area contributed by atoms with E-state index in [9.17, 15) is 31.6 Å². The molecule has 0 amide bonds. The summed E-state index contributed by atoms with van der Waals surface area (Å²) in [5.41, 5.74) is -1.09. The van der Waals surface area contributed by atoms with Gasteiger partial charge in [-0.25, -0.2) is 0 Å². The standard InChI is InChI=1S/C19H16ClF6N3/c20-13-7-4-5-9-15(13)29-14-8-3-1-2-6-11(14)17(18(21,22)23,19(24,25)26)12(10-27)16(29)28/h4-5,7,9H,1-3,6,8,28H2. The highest BCUT2D eigenvalue weighted by Crippen LogP contribution is 2.64. The summed E-state index contributed by atoms with van der Waals surface area (Å²) in [7, 11) is 0. The Balaban J connectivity index is 2.46. The van der Waals surface area contributed by atoms with E-state index in [2.05, 4.69) is 0 Å². The molecule has 0 spiro atoms. The number of hydrogen-bond acceptors (Lipinski definition) is 3. The molecule has 0 radical (unpaired) electrons. The number of halogens is 7. The molecule has 1 aromatic rings. The van der Waals surface area contributed by atoms with Crippen molar-refractivity contribution >= 4 is 17.3 Å². The van der Waals surface area contributed by atoms with E-state index in [1.807, 2.05) is 0 Å². The van der Waals surface area contributed by atoms with Crippen LogP contribution in [0.4, 0.5) is 32.0 Å². The van der Waals surface area contributed by atoms with Gasteiger partial charge < -0.3 is 5.73 Å². The molecule has 156 valence electrons. The number of hydrogen-bond donors (Lipinski definition) is 1. The maximum absolute atomic E-state index is 14.2. The van der Waals surface area contributed by atoms with Gasteiger partial charge in [0.15, 0.2) is 0 Å². The van der Waals surface area contributed by atoms with Crippen LogP contribution in [0.3, 0.4) is 0 Å². The second kappa shape index (κ2) is 7.17. The number of nitrogens with two attached hydrogens (primary N) is 1. The molecule has 1 aliphatic heterocycles. The molecule has 3 nitrogen and oxygen atoms in total. The molecule has 0 saturated heterocycles. The van der Waals surface area contributed by atoms with Crippen LogP contribution in [0.15, 0.2) is 46.9 Å². The van der Waals surface area contributed by atoms with Gasteiger partial charge in [0.25, 0.3) is 0 Å². The fourth-order valence-electron chi connectivity index (χ4n) is 4.15. The van der Waals surface area contributed by atoms with Crippen molar-refractivity contribution in [1.29, 1.82) is 5.26 Å². The minimum Gasteiger partial charge on any atom is -0.384 e. The van der Waals surface area contributed by atoms with Gasteiger partial charge in [-0.1, -0.05) is 30.2 Å². The van der Waals surface area contributed by atoms with Gasteiger partial charge in [0.2, 0.25) is 5.41 Å². The molecule has 2 N–H and O–H groups in total. The fourth-order valence-corrected chi connectivity index (χ4v) is 4.37. The predicted molar refractivity (Wildman–Crippen MR) is 95.4 cm³/mol. The van der Waals surface area contributed by atoms with Gasteiger partial charge in [-0.05, 0) is 43.4 Å². The van der Waals surface area contributed by atoms with Crippen molar-refractivity contribution in [3.63, 3.8) is 0 Å². The normalized spacial score (nSPS) is 20.3. The summed E-state index contributed by atoms with van der Waals surface area (Å²) in [4.78, 5) is 1.08. The van der Waals surface area contributed by atoms with Crippen molar-refractivity contribution in [2.75, 3.05) is 4.90 Å². The van der Waals surface area contributed by atoms with Gasteiger partial charge in [-0.3, -0.25) is 4.90 Å². The first-order valence-electron chi connectivity index (χ1n) is 8.79. The summed E-state index contributed by atoms with van der Waals surface area (Å²) in [6.45, 7) is 0. The molecule has 2 aliphatic rings. The Hall–Kier alpha value is -2.34. The zero-order valence-corrected chi connectivity index (χ0v) is 15.7. The van der Waals surface area contributed by atoms with E-state index < -0.39 is 41.2 Å².